The van der Waals surface area contributed by atoms with Gasteiger partial charge >= 0.3 is 29.1 Å². The molecule has 0 aliphatic heterocycles. The zero-order valence-electron chi connectivity index (χ0n) is 28.0. The highest BCUT2D eigenvalue weighted by atomic mass is 127. The average Bonchev–Trinajstić information content (AvgIpc) is 3.06. The van der Waals surface area contributed by atoms with Crippen molar-refractivity contribution in [1.29, 1.82) is 0 Å². The van der Waals surface area contributed by atoms with Crippen molar-refractivity contribution in [3.63, 3.8) is 0 Å². The third kappa shape index (κ3) is 10.1. The lowest BCUT2D eigenvalue weighted by Crippen LogP contribution is -2.73. The number of hydrogen-bond donors (Lipinski definition) is 0. The molecular formula is C34H20F2I9O11S-. The van der Waals surface area contributed by atoms with Crippen molar-refractivity contribution >= 4 is 237 Å². The van der Waals surface area contributed by atoms with Gasteiger partial charge < -0.3 is 23.5 Å². The Bertz CT molecular complexity index is 2160. The minimum Gasteiger partial charge on any atom is -0.743 e. The summed E-state index contributed by atoms with van der Waals surface area (Å²) in [5.41, 5.74) is -6.49. The van der Waals surface area contributed by atoms with Crippen LogP contribution in [-0.4, -0.2) is 65.5 Å². The van der Waals surface area contributed by atoms with E-state index in [4.69, 9.17) is 18.9 Å². The molecule has 306 valence electrons. The normalized spacial score (nSPS) is 25.2. The Morgan fingerprint density at radius 1 is 0.579 bits per heavy atom. The maximum atomic E-state index is 14.5. The molecule has 57 heavy (non-hydrogen) atoms. The molecule has 7 rings (SSSR count). The SMILES string of the molecule is O=C(OC12CC3(OC(=O)c4cc(I)cc(I)c4I)CC(OC(=O)c4cc(I)cc(I)c4I)(C1)CC(C(=O)OCC(F)(F)S(=O)(=O)[O-])(C2)C3)c1cc(I)cc(I)c1I. The van der Waals surface area contributed by atoms with Gasteiger partial charge in [-0.3, -0.25) is 4.79 Å². The first-order valence-corrected chi connectivity index (χ1v) is 27.0. The molecule has 0 N–H and O–H groups in total. The minimum atomic E-state index is -6.24. The molecule has 4 bridgehead atoms. The summed E-state index contributed by atoms with van der Waals surface area (Å²) < 4.78 is 93.5. The summed E-state index contributed by atoms with van der Waals surface area (Å²) in [6.07, 6.45) is -1.50. The van der Waals surface area contributed by atoms with Crippen molar-refractivity contribution in [3.05, 3.63) is 85.2 Å². The predicted octanol–water partition coefficient (Wildman–Crippen LogP) is 10.3. The van der Waals surface area contributed by atoms with Crippen LogP contribution in [0.15, 0.2) is 36.4 Å². The van der Waals surface area contributed by atoms with Gasteiger partial charge in [0.1, 0.15) is 16.8 Å². The first-order valence-electron chi connectivity index (χ1n) is 15.9. The van der Waals surface area contributed by atoms with Gasteiger partial charge in [0.05, 0.1) is 22.1 Å². The van der Waals surface area contributed by atoms with E-state index < -0.39 is 68.1 Å². The number of hydrogen-bond acceptors (Lipinski definition) is 11. The molecule has 0 amide bonds. The van der Waals surface area contributed by atoms with E-state index in [9.17, 15) is 40.9 Å². The number of halogens is 11. The molecule has 0 spiro atoms. The van der Waals surface area contributed by atoms with E-state index in [1.807, 2.05) is 86.0 Å². The predicted molar refractivity (Wildman–Crippen MR) is 274 cm³/mol. The van der Waals surface area contributed by atoms with E-state index in [-0.39, 0.29) is 55.2 Å². The van der Waals surface area contributed by atoms with Gasteiger partial charge in [0.15, 0.2) is 16.7 Å². The van der Waals surface area contributed by atoms with Gasteiger partial charge in [-0.25, -0.2) is 22.8 Å². The van der Waals surface area contributed by atoms with Gasteiger partial charge in [-0.15, -0.1) is 0 Å². The Labute approximate surface area is 447 Å². The van der Waals surface area contributed by atoms with E-state index in [1.165, 1.54) is 0 Å². The highest BCUT2D eigenvalue weighted by molar-refractivity contribution is 14.1. The Morgan fingerprint density at radius 2 is 0.877 bits per heavy atom. The van der Waals surface area contributed by atoms with E-state index in [1.54, 1.807) is 18.2 Å². The van der Waals surface area contributed by atoms with Crippen molar-refractivity contribution in [3.8, 4) is 0 Å². The average molecular weight is 1820 g/mol. The number of carbonyl (C=O) groups excluding carboxylic acids is 4. The van der Waals surface area contributed by atoms with Crippen molar-refractivity contribution in [2.75, 3.05) is 6.61 Å². The van der Waals surface area contributed by atoms with E-state index in [0.29, 0.717) is 10.7 Å². The van der Waals surface area contributed by atoms with Gasteiger partial charge in [0, 0.05) is 70.7 Å². The third-order valence-corrected chi connectivity index (χ3v) is 21.5. The lowest BCUT2D eigenvalue weighted by atomic mass is 9.44. The van der Waals surface area contributed by atoms with Crippen LogP contribution in [0.4, 0.5) is 8.78 Å². The van der Waals surface area contributed by atoms with Gasteiger partial charge in [-0.05, 0) is 240 Å². The lowest BCUT2D eigenvalue weighted by molar-refractivity contribution is -0.278. The molecule has 4 aliphatic rings. The van der Waals surface area contributed by atoms with Crippen molar-refractivity contribution in [1.82, 2.24) is 0 Å². The van der Waals surface area contributed by atoms with E-state index >= 15 is 0 Å². The van der Waals surface area contributed by atoms with E-state index in [0.717, 1.165) is 21.4 Å². The maximum absolute atomic E-state index is 14.5. The molecule has 0 unspecified atom stereocenters. The highest BCUT2D eigenvalue weighted by Gasteiger charge is 2.75. The molecule has 4 fully saturated rings. The number of benzene rings is 3. The van der Waals surface area contributed by atoms with Crippen LogP contribution in [0, 0.1) is 37.5 Å². The summed E-state index contributed by atoms with van der Waals surface area (Å²) in [4.78, 5) is 57.1. The summed E-state index contributed by atoms with van der Waals surface area (Å²) in [6.45, 7) is -2.09. The molecule has 0 atom stereocenters. The summed E-state index contributed by atoms with van der Waals surface area (Å²) in [6, 6.07) is 10.4. The van der Waals surface area contributed by atoms with Gasteiger partial charge in [0.25, 0.3) is 0 Å². The fraction of sp³-hybridized carbons (Fsp3) is 0.353. The van der Waals surface area contributed by atoms with Crippen LogP contribution < -0.4 is 0 Å². The van der Waals surface area contributed by atoms with Crippen LogP contribution in [0.1, 0.15) is 69.6 Å². The quantitative estimate of drug-likeness (QED) is 0.0624. The number of alkyl halides is 2. The molecule has 11 nitrogen and oxygen atoms in total. The Hall–Kier alpha value is 1.88. The standard InChI is InChI=1S/C34H21F2I9O11S/c35-34(36,57(50,51)52)13-53-29(49)30-7-31(54-26(46)17-1-14(37)4-20(40)23(17)43)10-32(8-30,55-27(47)18-2-15(38)5-21(41)24(18)44)12-33(9-30,11-31)56-28(48)19-3-16(39)6-22(42)25(19)45/h1-6H,7-13H2,(H,50,51,52)/p-1. The molecule has 0 aromatic heterocycles. The highest BCUT2D eigenvalue weighted by Crippen LogP contribution is 2.68. The van der Waals surface area contributed by atoms with Crippen LogP contribution in [0.2, 0.25) is 0 Å². The molecule has 4 aliphatic carbocycles. The monoisotopic (exact) mass is 1820 g/mol. The molecule has 23 heteroatoms. The zero-order chi connectivity index (χ0) is 42.3. The number of carbonyl (C=O) groups is 4. The molecule has 0 heterocycles. The van der Waals surface area contributed by atoms with E-state index in [2.05, 4.69) is 136 Å². The number of ether oxygens (including phenoxy) is 4. The summed E-state index contributed by atoms with van der Waals surface area (Å²) >= 11 is 18.4. The second-order valence-corrected chi connectivity index (χ2v) is 25.9. The Kier molecular flexibility index (Phi) is 15.0. The van der Waals surface area contributed by atoms with Crippen LogP contribution in [-0.2, 0) is 33.9 Å². The first kappa shape index (κ1) is 48.3. The van der Waals surface area contributed by atoms with Crippen molar-refractivity contribution in [2.45, 2.75) is 60.6 Å². The molecule has 0 saturated heterocycles. The number of rotatable bonds is 10. The molecule has 3 aromatic rings. The maximum Gasteiger partial charge on any atom is 0.367 e. The largest absolute Gasteiger partial charge is 0.743 e. The number of esters is 4. The van der Waals surface area contributed by atoms with Crippen LogP contribution in [0.5, 0.6) is 0 Å². The second kappa shape index (κ2) is 17.7. The fourth-order valence-corrected chi connectivity index (χ4v) is 15.5. The second-order valence-electron chi connectivity index (χ2n) is 14.0. The van der Waals surface area contributed by atoms with Gasteiger partial charge in [0.2, 0.25) is 0 Å². The molecule has 4 saturated carbocycles. The van der Waals surface area contributed by atoms with Crippen molar-refractivity contribution in [2.24, 2.45) is 5.41 Å². The van der Waals surface area contributed by atoms with Crippen molar-refractivity contribution < 1.29 is 59.9 Å². The van der Waals surface area contributed by atoms with Crippen LogP contribution in [0.3, 0.4) is 0 Å². The Morgan fingerprint density at radius 3 is 1.16 bits per heavy atom. The van der Waals surface area contributed by atoms with Gasteiger partial charge in [-0.1, -0.05) is 0 Å². The van der Waals surface area contributed by atoms with Gasteiger partial charge in [-0.2, -0.15) is 8.78 Å². The third-order valence-electron chi connectivity index (χ3n) is 9.65. The topological polar surface area (TPSA) is 162 Å². The minimum absolute atomic E-state index is 0.162. The molecular weight excluding hydrogens is 1800 g/mol. The zero-order valence-corrected chi connectivity index (χ0v) is 48.2. The summed E-state index contributed by atoms with van der Waals surface area (Å²) in [5, 5.41) is -4.97. The summed E-state index contributed by atoms with van der Waals surface area (Å²) in [5.74, 6) is -3.74. The first-order chi connectivity index (χ1) is 26.2. The lowest BCUT2D eigenvalue weighted by Gasteiger charge is -2.66. The van der Waals surface area contributed by atoms with Crippen LogP contribution in [0.25, 0.3) is 0 Å². The molecule has 0 radical (unpaired) electrons. The molecule has 3 aromatic carbocycles. The smallest absolute Gasteiger partial charge is 0.367 e. The fourth-order valence-electron chi connectivity index (χ4n) is 8.15. The van der Waals surface area contributed by atoms with Crippen LogP contribution >= 0.6 is 203 Å². The summed E-state index contributed by atoms with van der Waals surface area (Å²) in [7, 11) is -6.24. The Balaban J connectivity index is 1.51.